The lowest BCUT2D eigenvalue weighted by Crippen LogP contribution is -2.50. The van der Waals surface area contributed by atoms with Gasteiger partial charge in [0.1, 0.15) is 11.8 Å². The van der Waals surface area contributed by atoms with Gasteiger partial charge in [-0.1, -0.05) is 43.2 Å². The van der Waals surface area contributed by atoms with Crippen LogP contribution in [0.5, 0.6) is 5.75 Å². The van der Waals surface area contributed by atoms with Gasteiger partial charge < -0.3 is 15.0 Å². The van der Waals surface area contributed by atoms with E-state index in [0.29, 0.717) is 6.54 Å². The van der Waals surface area contributed by atoms with Crippen LogP contribution in [-0.4, -0.2) is 35.4 Å². The molecule has 2 aromatic carbocycles. The van der Waals surface area contributed by atoms with Gasteiger partial charge in [0.2, 0.25) is 5.91 Å². The highest BCUT2D eigenvalue weighted by atomic mass is 16.5. The first-order valence-corrected chi connectivity index (χ1v) is 11.6. The van der Waals surface area contributed by atoms with Crippen LogP contribution in [0.25, 0.3) is 0 Å². The molecule has 0 heterocycles. The van der Waals surface area contributed by atoms with Crippen LogP contribution < -0.4 is 10.1 Å². The summed E-state index contributed by atoms with van der Waals surface area (Å²) in [6.45, 7) is 10.2. The molecule has 0 aromatic heterocycles. The quantitative estimate of drug-likeness (QED) is 0.648. The fourth-order valence-corrected chi connectivity index (χ4v) is 4.32. The lowest BCUT2D eigenvalue weighted by molar-refractivity contribution is -0.142. The molecule has 5 heteroatoms. The van der Waals surface area contributed by atoms with Crippen LogP contribution in [0.15, 0.2) is 36.4 Å². The van der Waals surface area contributed by atoms with Crippen molar-refractivity contribution in [3.8, 4) is 5.75 Å². The lowest BCUT2D eigenvalue weighted by atomic mass is 10.1. The van der Waals surface area contributed by atoms with Crippen LogP contribution in [0.2, 0.25) is 0 Å². The Morgan fingerprint density at radius 1 is 1.06 bits per heavy atom. The Labute approximate surface area is 192 Å². The minimum absolute atomic E-state index is 0.0959. The summed E-state index contributed by atoms with van der Waals surface area (Å²) in [7, 11) is 0. The van der Waals surface area contributed by atoms with Crippen LogP contribution in [0.3, 0.4) is 0 Å². The Kier molecular flexibility index (Phi) is 7.94. The first kappa shape index (κ1) is 23.8. The summed E-state index contributed by atoms with van der Waals surface area (Å²) in [5.74, 6) is 0.428. The number of carbonyl (C=O) groups is 2. The molecule has 2 aromatic rings. The molecule has 1 fully saturated rings. The van der Waals surface area contributed by atoms with Crippen LogP contribution in [0.1, 0.15) is 60.4 Å². The average molecular weight is 437 g/mol. The number of carbonyl (C=O) groups excluding carboxylic acids is 2. The molecule has 1 aliphatic carbocycles. The van der Waals surface area contributed by atoms with Gasteiger partial charge in [0, 0.05) is 12.6 Å². The van der Waals surface area contributed by atoms with E-state index in [2.05, 4.69) is 11.4 Å². The zero-order chi connectivity index (χ0) is 23.3. The second-order valence-electron chi connectivity index (χ2n) is 9.11. The number of hydrogen-bond acceptors (Lipinski definition) is 3. The van der Waals surface area contributed by atoms with Crippen LogP contribution in [0, 0.1) is 27.7 Å². The van der Waals surface area contributed by atoms with Crippen LogP contribution in [0.4, 0.5) is 0 Å². The largest absolute Gasteiger partial charge is 0.483 e. The Morgan fingerprint density at radius 2 is 1.75 bits per heavy atom. The summed E-state index contributed by atoms with van der Waals surface area (Å²) in [5, 5.41) is 3.14. The number of benzene rings is 2. The number of aryl methyl sites for hydroxylation is 3. The third-order valence-corrected chi connectivity index (χ3v) is 6.59. The summed E-state index contributed by atoms with van der Waals surface area (Å²) < 4.78 is 5.95. The van der Waals surface area contributed by atoms with E-state index >= 15 is 0 Å². The standard InChI is InChI=1S/C27H36N2O3/c1-18-14-20(3)21(4)25(15-18)32-17-26(30)29(16-23-11-7-6-10-19(23)2)22(5)27(31)28-24-12-8-9-13-24/h6-7,10-11,14-15,22,24H,8-9,12-13,16-17H2,1-5H3,(H,28,31)/t22-/m0/s1. The molecule has 1 aliphatic rings. The second-order valence-corrected chi connectivity index (χ2v) is 9.11. The van der Waals surface area contributed by atoms with Crippen molar-refractivity contribution < 1.29 is 14.3 Å². The fourth-order valence-electron chi connectivity index (χ4n) is 4.32. The minimum atomic E-state index is -0.577. The SMILES string of the molecule is Cc1cc(C)c(C)c(OCC(=O)N(Cc2ccccc2C)[C@@H](C)C(=O)NC2CCCC2)c1. The summed E-state index contributed by atoms with van der Waals surface area (Å²) in [6, 6.07) is 11.7. The van der Waals surface area contributed by atoms with E-state index in [1.54, 1.807) is 4.90 Å². The van der Waals surface area contributed by atoms with E-state index < -0.39 is 6.04 Å². The Hall–Kier alpha value is -2.82. The second kappa shape index (κ2) is 10.7. The van der Waals surface area contributed by atoms with Crippen molar-refractivity contribution >= 4 is 11.8 Å². The molecule has 0 aliphatic heterocycles. The van der Waals surface area contributed by atoms with Crippen molar-refractivity contribution in [3.63, 3.8) is 0 Å². The van der Waals surface area contributed by atoms with Crippen LogP contribution in [-0.2, 0) is 16.1 Å². The molecule has 0 saturated heterocycles. The van der Waals surface area contributed by atoms with Crippen molar-refractivity contribution in [1.82, 2.24) is 10.2 Å². The van der Waals surface area contributed by atoms with Gasteiger partial charge >= 0.3 is 0 Å². The third-order valence-electron chi connectivity index (χ3n) is 6.59. The minimum Gasteiger partial charge on any atom is -0.483 e. The van der Waals surface area contributed by atoms with Crippen molar-refractivity contribution in [2.24, 2.45) is 0 Å². The molecular weight excluding hydrogens is 400 g/mol. The number of rotatable bonds is 8. The van der Waals surface area contributed by atoms with Gasteiger partial charge in [-0.25, -0.2) is 0 Å². The number of nitrogens with zero attached hydrogens (tertiary/aromatic N) is 1. The molecule has 0 spiro atoms. The van der Waals surface area contributed by atoms with Gasteiger partial charge in [0.25, 0.3) is 5.91 Å². The van der Waals surface area contributed by atoms with Gasteiger partial charge in [0.15, 0.2) is 6.61 Å². The van der Waals surface area contributed by atoms with Gasteiger partial charge in [-0.3, -0.25) is 9.59 Å². The smallest absolute Gasteiger partial charge is 0.261 e. The zero-order valence-corrected chi connectivity index (χ0v) is 20.0. The first-order chi connectivity index (χ1) is 15.3. The number of ether oxygens (including phenoxy) is 1. The van der Waals surface area contributed by atoms with Gasteiger partial charge in [0.05, 0.1) is 0 Å². The molecule has 0 bridgehead atoms. The van der Waals surface area contributed by atoms with Crippen molar-refractivity contribution in [2.75, 3.05) is 6.61 Å². The molecule has 172 valence electrons. The average Bonchev–Trinajstić information content (AvgIpc) is 3.27. The molecule has 3 rings (SSSR count). The summed E-state index contributed by atoms with van der Waals surface area (Å²) in [4.78, 5) is 28.0. The maximum atomic E-state index is 13.3. The molecule has 1 saturated carbocycles. The van der Waals surface area contributed by atoms with Gasteiger partial charge in [-0.15, -0.1) is 0 Å². The molecule has 32 heavy (non-hydrogen) atoms. The first-order valence-electron chi connectivity index (χ1n) is 11.6. The Balaban J connectivity index is 1.76. The molecule has 1 N–H and O–H groups in total. The van der Waals surface area contributed by atoms with E-state index in [9.17, 15) is 9.59 Å². The Morgan fingerprint density at radius 3 is 2.44 bits per heavy atom. The monoisotopic (exact) mass is 436 g/mol. The summed E-state index contributed by atoms with van der Waals surface area (Å²) in [5.41, 5.74) is 5.38. The number of nitrogens with one attached hydrogen (secondary N) is 1. The van der Waals surface area contributed by atoms with Crippen molar-refractivity contribution in [1.29, 1.82) is 0 Å². The van der Waals surface area contributed by atoms with Crippen molar-refractivity contribution in [3.05, 3.63) is 64.2 Å². The number of amides is 2. The van der Waals surface area contributed by atoms with E-state index in [-0.39, 0.29) is 24.5 Å². The normalized spacial score (nSPS) is 14.8. The zero-order valence-electron chi connectivity index (χ0n) is 20.0. The highest BCUT2D eigenvalue weighted by molar-refractivity contribution is 5.88. The topological polar surface area (TPSA) is 58.6 Å². The van der Waals surface area contributed by atoms with E-state index in [1.165, 1.54) is 0 Å². The Bertz CT molecular complexity index is 963. The predicted molar refractivity (Wildman–Crippen MR) is 128 cm³/mol. The van der Waals surface area contributed by atoms with Crippen LogP contribution >= 0.6 is 0 Å². The van der Waals surface area contributed by atoms with E-state index in [1.807, 2.05) is 65.0 Å². The molecule has 0 unspecified atom stereocenters. The highest BCUT2D eigenvalue weighted by Gasteiger charge is 2.29. The maximum absolute atomic E-state index is 13.3. The third kappa shape index (κ3) is 5.90. The van der Waals surface area contributed by atoms with Gasteiger partial charge in [-0.05, 0) is 81.3 Å². The predicted octanol–water partition coefficient (Wildman–Crippen LogP) is 4.78. The van der Waals surface area contributed by atoms with E-state index in [0.717, 1.165) is 59.3 Å². The van der Waals surface area contributed by atoms with E-state index in [4.69, 9.17) is 4.74 Å². The molecule has 2 amide bonds. The number of hydrogen-bond donors (Lipinski definition) is 1. The maximum Gasteiger partial charge on any atom is 0.261 e. The summed E-state index contributed by atoms with van der Waals surface area (Å²) >= 11 is 0. The molecule has 1 atom stereocenters. The fraction of sp³-hybridized carbons (Fsp3) is 0.481. The molecule has 5 nitrogen and oxygen atoms in total. The molecule has 0 radical (unpaired) electrons. The lowest BCUT2D eigenvalue weighted by Gasteiger charge is -2.30. The van der Waals surface area contributed by atoms with Gasteiger partial charge in [-0.2, -0.15) is 0 Å². The van der Waals surface area contributed by atoms with Crippen molar-refractivity contribution in [2.45, 2.75) is 78.9 Å². The highest BCUT2D eigenvalue weighted by Crippen LogP contribution is 2.24. The molecular formula is C27H36N2O3. The summed E-state index contributed by atoms with van der Waals surface area (Å²) in [6.07, 6.45) is 4.32.